The first-order valence-electron chi connectivity index (χ1n) is 13.8. The van der Waals surface area contributed by atoms with E-state index in [2.05, 4.69) is 40.4 Å². The van der Waals surface area contributed by atoms with E-state index in [0.29, 0.717) is 57.5 Å². The summed E-state index contributed by atoms with van der Waals surface area (Å²) in [6.45, 7) is 0. The number of hydrogen-bond acceptors (Lipinski definition) is 6. The molecule has 1 amide bonds. The number of fused-ring (bicyclic) bond motifs is 2. The third-order valence-corrected chi connectivity index (χ3v) is 7.74. The van der Waals surface area contributed by atoms with Gasteiger partial charge in [-0.25, -0.2) is 14.4 Å². The molecule has 3 N–H and O–H groups in total. The smallest absolute Gasteiger partial charge is 0.224 e. The zero-order chi connectivity index (χ0) is 27.8. The van der Waals surface area contributed by atoms with Crippen molar-refractivity contribution in [2.75, 3.05) is 5.32 Å². The molecule has 41 heavy (non-hydrogen) atoms. The number of rotatable bonds is 6. The molecule has 1 aliphatic carbocycles. The second-order valence-electron chi connectivity index (χ2n) is 10.5. The molecule has 0 aliphatic heterocycles. The predicted molar refractivity (Wildman–Crippen MR) is 155 cm³/mol. The van der Waals surface area contributed by atoms with E-state index < -0.39 is 0 Å². The third-order valence-electron chi connectivity index (χ3n) is 7.74. The van der Waals surface area contributed by atoms with Crippen LogP contribution in [0.3, 0.4) is 0 Å². The van der Waals surface area contributed by atoms with Gasteiger partial charge in [0.25, 0.3) is 0 Å². The standard InChI is InChI=1S/C31H27FN8O/c32-24-9-5-4-8-21(24)22-10-11-34-30-28(22)37-31(38-30)29-23-14-25(35-17-26(23)39-40-29)19-13-20(16-33-15-19)36-27(41)12-18-6-2-1-3-7-18/h4-5,8-11,13-18H,1-3,6-7,12H2,(H,36,41)(H,39,40)(H,34,37,38). The second kappa shape index (κ2) is 10.5. The van der Waals surface area contributed by atoms with Crippen LogP contribution in [0.1, 0.15) is 38.5 Å². The van der Waals surface area contributed by atoms with Gasteiger partial charge in [-0.05, 0) is 43.0 Å². The van der Waals surface area contributed by atoms with Crippen molar-refractivity contribution < 1.29 is 9.18 Å². The molecule has 204 valence electrons. The molecule has 1 aliphatic rings. The van der Waals surface area contributed by atoms with Crippen molar-refractivity contribution >= 4 is 33.7 Å². The van der Waals surface area contributed by atoms with Gasteiger partial charge < -0.3 is 10.3 Å². The van der Waals surface area contributed by atoms with Crippen molar-refractivity contribution in [2.45, 2.75) is 38.5 Å². The van der Waals surface area contributed by atoms with Crippen molar-refractivity contribution in [3.8, 4) is 33.9 Å². The topological polar surface area (TPSA) is 125 Å². The fourth-order valence-corrected chi connectivity index (χ4v) is 5.70. The molecule has 0 radical (unpaired) electrons. The minimum atomic E-state index is -0.321. The predicted octanol–water partition coefficient (Wildman–Crippen LogP) is 6.67. The molecule has 1 fully saturated rings. The first-order chi connectivity index (χ1) is 20.1. The highest BCUT2D eigenvalue weighted by molar-refractivity contribution is 5.97. The van der Waals surface area contributed by atoms with Gasteiger partial charge in [-0.15, -0.1) is 0 Å². The van der Waals surface area contributed by atoms with Crippen LogP contribution in [-0.2, 0) is 4.79 Å². The van der Waals surface area contributed by atoms with E-state index in [4.69, 9.17) is 0 Å². The van der Waals surface area contributed by atoms with Crippen LogP contribution in [0.5, 0.6) is 0 Å². The van der Waals surface area contributed by atoms with Crippen molar-refractivity contribution in [1.29, 1.82) is 0 Å². The highest BCUT2D eigenvalue weighted by Gasteiger charge is 2.19. The number of nitrogens with one attached hydrogen (secondary N) is 3. The normalized spacial score (nSPS) is 14.1. The number of anilines is 1. The van der Waals surface area contributed by atoms with E-state index in [1.165, 1.54) is 25.3 Å². The minimum absolute atomic E-state index is 0.0182. The lowest BCUT2D eigenvalue weighted by atomic mass is 9.87. The fraction of sp³-hybridized carbons (Fsp3) is 0.226. The first kappa shape index (κ1) is 25.0. The van der Waals surface area contributed by atoms with Crippen LogP contribution in [0.2, 0.25) is 0 Å². The van der Waals surface area contributed by atoms with E-state index in [1.807, 2.05) is 12.1 Å². The number of imidazole rings is 1. The van der Waals surface area contributed by atoms with Gasteiger partial charge in [0.05, 0.1) is 34.8 Å². The van der Waals surface area contributed by atoms with Gasteiger partial charge >= 0.3 is 0 Å². The summed E-state index contributed by atoms with van der Waals surface area (Å²) >= 11 is 0. The van der Waals surface area contributed by atoms with Crippen LogP contribution >= 0.6 is 0 Å². The molecule has 10 heteroatoms. The fourth-order valence-electron chi connectivity index (χ4n) is 5.70. The molecular formula is C31H27FN8O. The number of aromatic amines is 2. The van der Waals surface area contributed by atoms with E-state index in [0.717, 1.165) is 29.3 Å². The number of halogens is 1. The number of carbonyl (C=O) groups is 1. The molecule has 5 aromatic heterocycles. The van der Waals surface area contributed by atoms with Crippen LogP contribution in [0.15, 0.2) is 67.3 Å². The van der Waals surface area contributed by atoms with Gasteiger partial charge in [-0.3, -0.25) is 19.9 Å². The highest BCUT2D eigenvalue weighted by atomic mass is 19.1. The summed E-state index contributed by atoms with van der Waals surface area (Å²) in [4.78, 5) is 34.0. The van der Waals surface area contributed by atoms with Crippen molar-refractivity contribution in [1.82, 2.24) is 35.1 Å². The number of amides is 1. The number of nitrogens with zero attached hydrogens (tertiary/aromatic N) is 5. The van der Waals surface area contributed by atoms with Crippen molar-refractivity contribution in [2.24, 2.45) is 5.92 Å². The van der Waals surface area contributed by atoms with E-state index in [9.17, 15) is 9.18 Å². The van der Waals surface area contributed by atoms with Crippen LogP contribution in [0.25, 0.3) is 56.0 Å². The Morgan fingerprint density at radius 1 is 1.00 bits per heavy atom. The van der Waals surface area contributed by atoms with E-state index in [-0.39, 0.29) is 11.7 Å². The number of hydrogen-bond donors (Lipinski definition) is 3. The summed E-state index contributed by atoms with van der Waals surface area (Å²) in [7, 11) is 0. The van der Waals surface area contributed by atoms with Gasteiger partial charge in [0.15, 0.2) is 11.5 Å². The monoisotopic (exact) mass is 546 g/mol. The first-order valence-corrected chi connectivity index (χ1v) is 13.8. The summed E-state index contributed by atoms with van der Waals surface area (Å²) < 4.78 is 14.6. The summed E-state index contributed by atoms with van der Waals surface area (Å²) in [6.07, 6.45) is 13.2. The average Bonchev–Trinajstić information content (AvgIpc) is 3.62. The molecule has 7 rings (SSSR count). The van der Waals surface area contributed by atoms with Crippen LogP contribution < -0.4 is 5.32 Å². The van der Waals surface area contributed by atoms with Gasteiger partial charge in [0, 0.05) is 40.9 Å². The lowest BCUT2D eigenvalue weighted by molar-refractivity contribution is -0.117. The maximum Gasteiger partial charge on any atom is 0.224 e. The number of aromatic nitrogens is 7. The Labute approximate surface area is 234 Å². The van der Waals surface area contributed by atoms with Crippen molar-refractivity contribution in [3.63, 3.8) is 0 Å². The third kappa shape index (κ3) is 4.93. The van der Waals surface area contributed by atoms with Gasteiger partial charge in [-0.1, -0.05) is 37.5 Å². The van der Waals surface area contributed by atoms with Crippen LogP contribution in [-0.4, -0.2) is 41.0 Å². The lowest BCUT2D eigenvalue weighted by Crippen LogP contribution is -2.18. The number of carbonyl (C=O) groups excluding carboxylic acids is 1. The Bertz CT molecular complexity index is 1890. The Balaban J connectivity index is 1.20. The molecule has 1 aromatic carbocycles. The maximum atomic E-state index is 14.6. The highest BCUT2D eigenvalue weighted by Crippen LogP contribution is 2.33. The second-order valence-corrected chi connectivity index (χ2v) is 10.5. The number of benzene rings is 1. The molecule has 0 spiro atoms. The van der Waals surface area contributed by atoms with E-state index in [1.54, 1.807) is 49.1 Å². The average molecular weight is 547 g/mol. The van der Waals surface area contributed by atoms with Gasteiger partial charge in [0.2, 0.25) is 5.91 Å². The largest absolute Gasteiger partial charge is 0.335 e. The van der Waals surface area contributed by atoms with Gasteiger partial charge in [-0.2, -0.15) is 5.10 Å². The van der Waals surface area contributed by atoms with Gasteiger partial charge in [0.1, 0.15) is 11.5 Å². The van der Waals surface area contributed by atoms with Crippen LogP contribution in [0, 0.1) is 11.7 Å². The maximum absolute atomic E-state index is 14.6. The molecule has 9 nitrogen and oxygen atoms in total. The summed E-state index contributed by atoms with van der Waals surface area (Å²) in [6, 6.07) is 12.2. The van der Waals surface area contributed by atoms with E-state index >= 15 is 0 Å². The Hall–Kier alpha value is -4.99. The molecule has 0 atom stereocenters. The zero-order valence-electron chi connectivity index (χ0n) is 22.2. The molecule has 0 bridgehead atoms. The number of pyridine rings is 3. The molecule has 1 saturated carbocycles. The molecule has 0 unspecified atom stereocenters. The molecule has 0 saturated heterocycles. The lowest BCUT2D eigenvalue weighted by Gasteiger charge is -2.20. The van der Waals surface area contributed by atoms with Crippen LogP contribution in [0.4, 0.5) is 10.1 Å². The summed E-state index contributed by atoms with van der Waals surface area (Å²) in [5, 5.41) is 11.3. The Morgan fingerprint density at radius 3 is 2.76 bits per heavy atom. The quantitative estimate of drug-likeness (QED) is 0.214. The SMILES string of the molecule is O=C(CC1CCCCC1)Nc1cncc(-c2cc3c(-c4nc5nccc(-c6ccccc6F)c5[nH]4)n[nH]c3cn2)c1. The summed E-state index contributed by atoms with van der Waals surface area (Å²) in [5.74, 6) is 0.656. The van der Waals surface area contributed by atoms with Crippen molar-refractivity contribution in [3.05, 3.63) is 73.1 Å². The number of H-pyrrole nitrogens is 2. The Kier molecular flexibility index (Phi) is 6.42. The molecule has 6 aromatic rings. The molecule has 5 heterocycles. The molecular weight excluding hydrogens is 519 g/mol. The summed E-state index contributed by atoms with van der Waals surface area (Å²) in [5.41, 5.74) is 5.63. The zero-order valence-corrected chi connectivity index (χ0v) is 22.2. The minimum Gasteiger partial charge on any atom is -0.335 e. The Morgan fingerprint density at radius 2 is 1.88 bits per heavy atom.